The maximum absolute atomic E-state index is 4.53. The molecular formula is C14H14N6. The van der Waals surface area contributed by atoms with Crippen molar-refractivity contribution in [3.8, 4) is 11.4 Å². The summed E-state index contributed by atoms with van der Waals surface area (Å²) in [5.41, 5.74) is 3.50. The zero-order chi connectivity index (χ0) is 13.9. The highest BCUT2D eigenvalue weighted by molar-refractivity contribution is 5.61. The van der Waals surface area contributed by atoms with E-state index in [-0.39, 0.29) is 0 Å². The third kappa shape index (κ3) is 2.49. The van der Waals surface area contributed by atoms with Gasteiger partial charge in [0, 0.05) is 25.6 Å². The maximum atomic E-state index is 4.53. The van der Waals surface area contributed by atoms with Gasteiger partial charge >= 0.3 is 0 Å². The van der Waals surface area contributed by atoms with Crippen LogP contribution in [0.3, 0.4) is 0 Å². The maximum Gasteiger partial charge on any atom is 0.227 e. The number of aryl methyl sites for hydroxylation is 2. The van der Waals surface area contributed by atoms with E-state index in [1.807, 2.05) is 38.4 Å². The second-order valence-electron chi connectivity index (χ2n) is 4.47. The summed E-state index contributed by atoms with van der Waals surface area (Å²) in [6, 6.07) is 5.76. The monoisotopic (exact) mass is 266 g/mol. The molecule has 100 valence electrons. The van der Waals surface area contributed by atoms with Crippen molar-refractivity contribution in [1.29, 1.82) is 0 Å². The van der Waals surface area contributed by atoms with E-state index < -0.39 is 0 Å². The zero-order valence-electron chi connectivity index (χ0n) is 11.3. The van der Waals surface area contributed by atoms with E-state index >= 15 is 0 Å². The topological polar surface area (TPSA) is 68.5 Å². The number of rotatable bonds is 3. The molecule has 0 unspecified atom stereocenters. The van der Waals surface area contributed by atoms with Gasteiger partial charge < -0.3 is 5.32 Å². The molecule has 1 N–H and O–H groups in total. The molecule has 0 bridgehead atoms. The molecule has 0 amide bonds. The number of anilines is 2. The van der Waals surface area contributed by atoms with E-state index in [0.29, 0.717) is 5.95 Å². The van der Waals surface area contributed by atoms with Gasteiger partial charge in [-0.2, -0.15) is 5.10 Å². The summed E-state index contributed by atoms with van der Waals surface area (Å²) in [6.07, 6.45) is 7.13. The molecule has 0 atom stereocenters. The van der Waals surface area contributed by atoms with E-state index in [1.165, 1.54) is 0 Å². The average Bonchev–Trinajstić information content (AvgIpc) is 2.87. The molecule has 0 saturated carbocycles. The fourth-order valence-corrected chi connectivity index (χ4v) is 1.88. The van der Waals surface area contributed by atoms with E-state index in [4.69, 9.17) is 0 Å². The van der Waals surface area contributed by atoms with Crippen molar-refractivity contribution in [2.45, 2.75) is 6.92 Å². The highest BCUT2D eigenvalue weighted by Crippen LogP contribution is 2.20. The Morgan fingerprint density at radius 1 is 1.15 bits per heavy atom. The predicted molar refractivity (Wildman–Crippen MR) is 76.5 cm³/mol. The van der Waals surface area contributed by atoms with Crippen LogP contribution < -0.4 is 5.32 Å². The minimum atomic E-state index is 0.532. The third-order valence-electron chi connectivity index (χ3n) is 2.84. The molecule has 3 rings (SSSR count). The minimum absolute atomic E-state index is 0.532. The standard InChI is InChI=1S/C14H14N6/c1-10-7-16-14(18-11-8-17-20(2)9-11)19-13(10)12-5-3-4-6-15-12/h3-9H,1-2H3,(H,16,18,19). The van der Waals surface area contributed by atoms with Crippen molar-refractivity contribution >= 4 is 11.6 Å². The molecule has 0 aliphatic heterocycles. The van der Waals surface area contributed by atoms with E-state index in [2.05, 4.69) is 25.4 Å². The van der Waals surface area contributed by atoms with Gasteiger partial charge in [0.1, 0.15) is 0 Å². The van der Waals surface area contributed by atoms with Crippen molar-refractivity contribution in [1.82, 2.24) is 24.7 Å². The molecule has 0 radical (unpaired) electrons. The van der Waals surface area contributed by atoms with Gasteiger partial charge in [-0.25, -0.2) is 9.97 Å². The van der Waals surface area contributed by atoms with Crippen molar-refractivity contribution in [2.75, 3.05) is 5.32 Å². The van der Waals surface area contributed by atoms with Crippen LogP contribution in [-0.4, -0.2) is 24.7 Å². The lowest BCUT2D eigenvalue weighted by Crippen LogP contribution is -2.00. The number of hydrogen-bond acceptors (Lipinski definition) is 5. The van der Waals surface area contributed by atoms with E-state index in [0.717, 1.165) is 22.6 Å². The first-order valence-electron chi connectivity index (χ1n) is 6.23. The quantitative estimate of drug-likeness (QED) is 0.788. The van der Waals surface area contributed by atoms with Gasteiger partial charge in [-0.1, -0.05) is 6.07 Å². The molecule has 0 aliphatic carbocycles. The lowest BCUT2D eigenvalue weighted by molar-refractivity contribution is 0.768. The number of nitrogens with one attached hydrogen (secondary N) is 1. The second kappa shape index (κ2) is 5.08. The number of aromatic nitrogens is 5. The Hall–Kier alpha value is -2.76. The summed E-state index contributed by atoms with van der Waals surface area (Å²) in [5.74, 6) is 0.532. The molecule has 0 spiro atoms. The van der Waals surface area contributed by atoms with Crippen LogP contribution in [0.5, 0.6) is 0 Å². The zero-order valence-corrected chi connectivity index (χ0v) is 11.3. The highest BCUT2D eigenvalue weighted by Gasteiger charge is 2.08. The summed E-state index contributed by atoms with van der Waals surface area (Å²) in [6.45, 7) is 1.97. The first-order chi connectivity index (χ1) is 9.72. The smallest absolute Gasteiger partial charge is 0.227 e. The molecule has 6 nitrogen and oxygen atoms in total. The van der Waals surface area contributed by atoms with Gasteiger partial charge in [-0.05, 0) is 24.6 Å². The Bertz CT molecular complexity index is 720. The summed E-state index contributed by atoms with van der Waals surface area (Å²) in [5, 5.41) is 7.23. The Balaban J connectivity index is 1.94. The highest BCUT2D eigenvalue weighted by atomic mass is 15.3. The fraction of sp³-hybridized carbons (Fsp3) is 0.143. The molecule has 6 heteroatoms. The Labute approximate surface area is 116 Å². The molecule has 0 aromatic carbocycles. The lowest BCUT2D eigenvalue weighted by atomic mass is 10.2. The van der Waals surface area contributed by atoms with Crippen LogP contribution in [0, 0.1) is 6.92 Å². The minimum Gasteiger partial charge on any atom is -0.321 e. The third-order valence-corrected chi connectivity index (χ3v) is 2.84. The summed E-state index contributed by atoms with van der Waals surface area (Å²) >= 11 is 0. The van der Waals surface area contributed by atoms with Gasteiger partial charge in [0.05, 0.1) is 23.3 Å². The summed E-state index contributed by atoms with van der Waals surface area (Å²) in [4.78, 5) is 13.1. The van der Waals surface area contributed by atoms with E-state index in [1.54, 1.807) is 23.3 Å². The normalized spacial score (nSPS) is 10.5. The SMILES string of the molecule is Cc1cnc(Nc2cnn(C)c2)nc1-c1ccccn1. The number of pyridine rings is 1. The van der Waals surface area contributed by atoms with Crippen LogP contribution in [-0.2, 0) is 7.05 Å². The molecule has 3 heterocycles. The van der Waals surface area contributed by atoms with Crippen LogP contribution in [0.15, 0.2) is 43.0 Å². The van der Waals surface area contributed by atoms with Gasteiger partial charge in [-0.3, -0.25) is 9.67 Å². The summed E-state index contributed by atoms with van der Waals surface area (Å²) < 4.78 is 1.72. The number of hydrogen-bond donors (Lipinski definition) is 1. The van der Waals surface area contributed by atoms with Crippen LogP contribution in [0.2, 0.25) is 0 Å². The van der Waals surface area contributed by atoms with Crippen LogP contribution >= 0.6 is 0 Å². The van der Waals surface area contributed by atoms with Crippen molar-refractivity contribution in [3.05, 3.63) is 48.5 Å². The van der Waals surface area contributed by atoms with Crippen LogP contribution in [0.4, 0.5) is 11.6 Å². The largest absolute Gasteiger partial charge is 0.321 e. The van der Waals surface area contributed by atoms with Crippen molar-refractivity contribution < 1.29 is 0 Å². The lowest BCUT2D eigenvalue weighted by Gasteiger charge is -2.07. The van der Waals surface area contributed by atoms with Gasteiger partial charge in [0.25, 0.3) is 0 Å². The first kappa shape index (κ1) is 12.3. The van der Waals surface area contributed by atoms with Crippen LogP contribution in [0.25, 0.3) is 11.4 Å². The van der Waals surface area contributed by atoms with E-state index in [9.17, 15) is 0 Å². The number of nitrogens with zero attached hydrogens (tertiary/aromatic N) is 5. The Kier molecular flexibility index (Phi) is 3.12. The predicted octanol–water partition coefficient (Wildman–Crippen LogP) is 2.32. The Morgan fingerprint density at radius 3 is 2.75 bits per heavy atom. The fourth-order valence-electron chi connectivity index (χ4n) is 1.88. The molecule has 3 aromatic rings. The molecule has 0 saturated heterocycles. The summed E-state index contributed by atoms with van der Waals surface area (Å²) in [7, 11) is 1.86. The van der Waals surface area contributed by atoms with Crippen molar-refractivity contribution in [3.63, 3.8) is 0 Å². The molecular weight excluding hydrogens is 252 g/mol. The van der Waals surface area contributed by atoms with Gasteiger partial charge in [0.15, 0.2) is 0 Å². The van der Waals surface area contributed by atoms with Gasteiger partial charge in [-0.15, -0.1) is 0 Å². The van der Waals surface area contributed by atoms with Gasteiger partial charge in [0.2, 0.25) is 5.95 Å². The molecule has 0 aliphatic rings. The molecule has 3 aromatic heterocycles. The molecule has 0 fully saturated rings. The second-order valence-corrected chi connectivity index (χ2v) is 4.47. The first-order valence-corrected chi connectivity index (χ1v) is 6.23. The van der Waals surface area contributed by atoms with Crippen LogP contribution in [0.1, 0.15) is 5.56 Å². The van der Waals surface area contributed by atoms with Crippen molar-refractivity contribution in [2.24, 2.45) is 7.05 Å². The average molecular weight is 266 g/mol. The molecule has 20 heavy (non-hydrogen) atoms. The Morgan fingerprint density at radius 2 is 2.05 bits per heavy atom.